The number of rotatable bonds is 5. The van der Waals surface area contributed by atoms with Crippen molar-refractivity contribution in [2.45, 2.75) is 25.8 Å². The Morgan fingerprint density at radius 2 is 2.09 bits per heavy atom. The molecule has 176 valence electrons. The molecule has 1 saturated heterocycles. The number of allylic oxidation sites excluding steroid dienone is 2. The minimum Gasteiger partial charge on any atom is -0.378 e. The maximum Gasteiger partial charge on any atom is 0.286 e. The molecule has 4 heterocycles. The number of anilines is 1. The fourth-order valence-corrected chi connectivity index (χ4v) is 3.81. The van der Waals surface area contributed by atoms with Crippen LogP contribution in [0.5, 0.6) is 0 Å². The smallest absolute Gasteiger partial charge is 0.286 e. The third kappa shape index (κ3) is 5.05. The van der Waals surface area contributed by atoms with Crippen molar-refractivity contribution in [2.24, 2.45) is 0 Å². The second-order valence-corrected chi connectivity index (χ2v) is 8.13. The van der Waals surface area contributed by atoms with Crippen molar-refractivity contribution in [2.75, 3.05) is 31.6 Å². The lowest BCUT2D eigenvalue weighted by Gasteiger charge is -2.35. The first-order valence-corrected chi connectivity index (χ1v) is 10.8. The summed E-state index contributed by atoms with van der Waals surface area (Å²) < 4.78 is 32.6. The lowest BCUT2D eigenvalue weighted by molar-refractivity contribution is 0.0127. The zero-order valence-electron chi connectivity index (χ0n) is 18.8. The molecule has 2 aliphatic rings. The second kappa shape index (κ2) is 9.57. The maximum atomic E-state index is 13.6. The highest BCUT2D eigenvalue weighted by Gasteiger charge is 2.27. The van der Waals surface area contributed by atoms with Crippen molar-refractivity contribution in [1.29, 1.82) is 5.26 Å². The Hall–Kier alpha value is -3.84. The number of aryl methyl sites for hydroxylation is 1. The van der Waals surface area contributed by atoms with Gasteiger partial charge >= 0.3 is 0 Å². The molecule has 34 heavy (non-hydrogen) atoms. The maximum absolute atomic E-state index is 13.6. The number of dihydropyridines is 1. The minimum atomic E-state index is -3.15. The Bertz CT molecular complexity index is 1190. The molecule has 4 rings (SSSR count). The van der Waals surface area contributed by atoms with E-state index < -0.39 is 23.6 Å². The summed E-state index contributed by atoms with van der Waals surface area (Å²) in [6.45, 7) is 5.15. The first-order valence-electron chi connectivity index (χ1n) is 10.8. The molecule has 1 amide bonds. The monoisotopic (exact) mass is 466 g/mol. The summed E-state index contributed by atoms with van der Waals surface area (Å²) in [5.41, 5.74) is 3.16. The van der Waals surface area contributed by atoms with Gasteiger partial charge in [-0.3, -0.25) is 14.8 Å². The van der Waals surface area contributed by atoms with E-state index >= 15 is 0 Å². The van der Waals surface area contributed by atoms with Crippen molar-refractivity contribution in [3.05, 3.63) is 71.1 Å². The SMILES string of the molecule is Cc1ncc(NC(=O)c2ccnc(C(C)(F)F)c2)cc1C1=CNC(C#N)C(N2CCOCC2)=C1. The number of pyridine rings is 2. The molecule has 10 heteroatoms. The number of alkyl halides is 2. The second-order valence-electron chi connectivity index (χ2n) is 8.13. The molecular weight excluding hydrogens is 442 g/mol. The van der Waals surface area contributed by atoms with Gasteiger partial charge in [0.2, 0.25) is 0 Å². The predicted molar refractivity (Wildman–Crippen MR) is 122 cm³/mol. The van der Waals surface area contributed by atoms with E-state index in [9.17, 15) is 18.8 Å². The van der Waals surface area contributed by atoms with Gasteiger partial charge in [-0.15, -0.1) is 0 Å². The van der Waals surface area contributed by atoms with Crippen LogP contribution in [0.15, 0.2) is 48.6 Å². The van der Waals surface area contributed by atoms with Crippen LogP contribution in [0.25, 0.3) is 5.57 Å². The summed E-state index contributed by atoms with van der Waals surface area (Å²) >= 11 is 0. The van der Waals surface area contributed by atoms with Gasteiger partial charge in [-0.25, -0.2) is 0 Å². The van der Waals surface area contributed by atoms with Crippen LogP contribution in [0.1, 0.15) is 34.2 Å². The van der Waals surface area contributed by atoms with Crippen molar-refractivity contribution in [3.63, 3.8) is 0 Å². The summed E-state index contributed by atoms with van der Waals surface area (Å²) in [6.07, 6.45) is 6.40. The zero-order valence-corrected chi connectivity index (χ0v) is 18.8. The Morgan fingerprint density at radius 1 is 1.32 bits per heavy atom. The Morgan fingerprint density at radius 3 is 2.79 bits per heavy atom. The van der Waals surface area contributed by atoms with E-state index in [0.29, 0.717) is 32.0 Å². The number of carbonyl (C=O) groups is 1. The summed E-state index contributed by atoms with van der Waals surface area (Å²) in [4.78, 5) is 22.9. The third-order valence-corrected chi connectivity index (χ3v) is 5.64. The topological polar surface area (TPSA) is 103 Å². The molecular formula is C24H24F2N6O2. The molecule has 2 aromatic rings. The average molecular weight is 466 g/mol. The Labute approximate surface area is 196 Å². The molecule has 2 aliphatic heterocycles. The average Bonchev–Trinajstić information content (AvgIpc) is 2.85. The molecule has 0 aromatic carbocycles. The molecule has 1 atom stereocenters. The predicted octanol–water partition coefficient (Wildman–Crippen LogP) is 3.20. The van der Waals surface area contributed by atoms with Crippen molar-refractivity contribution < 1.29 is 18.3 Å². The fourth-order valence-electron chi connectivity index (χ4n) is 3.81. The van der Waals surface area contributed by atoms with Crippen LogP contribution in [-0.2, 0) is 10.7 Å². The van der Waals surface area contributed by atoms with Gasteiger partial charge in [0.25, 0.3) is 11.8 Å². The van der Waals surface area contributed by atoms with E-state index in [-0.39, 0.29) is 5.56 Å². The van der Waals surface area contributed by atoms with Crippen LogP contribution >= 0.6 is 0 Å². The van der Waals surface area contributed by atoms with Crippen molar-refractivity contribution in [1.82, 2.24) is 20.2 Å². The lowest BCUT2D eigenvalue weighted by Crippen LogP contribution is -2.43. The minimum absolute atomic E-state index is 0.0681. The van der Waals surface area contributed by atoms with E-state index in [2.05, 4.69) is 31.6 Å². The van der Waals surface area contributed by atoms with Crippen molar-refractivity contribution in [3.8, 4) is 6.07 Å². The quantitative estimate of drug-likeness (QED) is 0.698. The number of halogens is 2. The highest BCUT2D eigenvalue weighted by atomic mass is 19.3. The van der Waals surface area contributed by atoms with Gasteiger partial charge in [0.15, 0.2) is 6.04 Å². The summed E-state index contributed by atoms with van der Waals surface area (Å²) in [5, 5.41) is 15.4. The molecule has 8 nitrogen and oxygen atoms in total. The molecule has 0 spiro atoms. The van der Waals surface area contributed by atoms with Crippen LogP contribution in [0.2, 0.25) is 0 Å². The van der Waals surface area contributed by atoms with Gasteiger partial charge < -0.3 is 20.3 Å². The molecule has 1 fully saturated rings. The van der Waals surface area contributed by atoms with Gasteiger partial charge in [-0.2, -0.15) is 14.0 Å². The highest BCUT2D eigenvalue weighted by molar-refractivity contribution is 6.04. The molecule has 0 saturated carbocycles. The molecule has 0 radical (unpaired) electrons. The number of ether oxygens (including phenoxy) is 1. The number of hydrogen-bond donors (Lipinski definition) is 2. The number of hydrogen-bond acceptors (Lipinski definition) is 7. The van der Waals surface area contributed by atoms with E-state index in [1.54, 1.807) is 12.3 Å². The molecule has 0 aliphatic carbocycles. The fraction of sp³-hybridized carbons (Fsp3) is 0.333. The van der Waals surface area contributed by atoms with Gasteiger partial charge in [0, 0.05) is 54.8 Å². The van der Waals surface area contributed by atoms with Gasteiger partial charge in [0.1, 0.15) is 5.69 Å². The van der Waals surface area contributed by atoms with Crippen LogP contribution in [0, 0.1) is 18.3 Å². The number of carbonyl (C=O) groups excluding carboxylic acids is 1. The lowest BCUT2D eigenvalue weighted by atomic mass is 9.98. The molecule has 1 unspecified atom stereocenters. The van der Waals surface area contributed by atoms with Gasteiger partial charge in [0.05, 0.1) is 36.9 Å². The van der Waals surface area contributed by atoms with E-state index in [4.69, 9.17) is 4.74 Å². The number of nitriles is 1. The number of amides is 1. The largest absolute Gasteiger partial charge is 0.378 e. The van der Waals surface area contributed by atoms with E-state index in [1.165, 1.54) is 18.5 Å². The first-order chi connectivity index (χ1) is 16.3. The van der Waals surface area contributed by atoms with E-state index in [0.717, 1.165) is 35.5 Å². The van der Waals surface area contributed by atoms with E-state index in [1.807, 2.05) is 13.0 Å². The zero-order chi connectivity index (χ0) is 24.3. The van der Waals surface area contributed by atoms with Gasteiger partial charge in [-0.05, 0) is 31.2 Å². The normalized spacial score (nSPS) is 18.3. The first kappa shape index (κ1) is 23.3. The number of morpholine rings is 1. The number of nitrogens with zero attached hydrogens (tertiary/aromatic N) is 4. The van der Waals surface area contributed by atoms with Crippen LogP contribution in [0.3, 0.4) is 0 Å². The number of nitrogens with one attached hydrogen (secondary N) is 2. The Balaban J connectivity index is 1.59. The summed E-state index contributed by atoms with van der Waals surface area (Å²) in [6, 6.07) is 6.01. The standard InChI is InChI=1S/C24H24F2N6O2/c1-15-19(17-9-21(20(12-27)30-13-17)32-5-7-34-8-6-32)11-18(14-29-15)31-23(33)16-3-4-28-22(10-16)24(2,25)26/h3-4,9-11,13-14,20,30H,5-8H2,1-2H3,(H,31,33). The molecule has 2 N–H and O–H groups in total. The Kier molecular flexibility index (Phi) is 6.56. The molecule has 2 aromatic heterocycles. The summed E-state index contributed by atoms with van der Waals surface area (Å²) in [5.74, 6) is -3.70. The van der Waals surface area contributed by atoms with Crippen LogP contribution in [-0.4, -0.2) is 53.1 Å². The number of aromatic nitrogens is 2. The van der Waals surface area contributed by atoms with Crippen molar-refractivity contribution >= 4 is 17.2 Å². The van der Waals surface area contributed by atoms with Gasteiger partial charge in [-0.1, -0.05) is 0 Å². The molecule has 0 bridgehead atoms. The summed E-state index contributed by atoms with van der Waals surface area (Å²) in [7, 11) is 0. The van der Waals surface area contributed by atoms with Crippen LogP contribution < -0.4 is 10.6 Å². The third-order valence-electron chi connectivity index (χ3n) is 5.64. The highest BCUT2D eigenvalue weighted by Crippen LogP contribution is 2.29. The van der Waals surface area contributed by atoms with Crippen LogP contribution in [0.4, 0.5) is 14.5 Å².